The molecule has 0 spiro atoms. The Morgan fingerprint density at radius 1 is 1.44 bits per heavy atom. The second-order valence-corrected chi connectivity index (χ2v) is 4.94. The van der Waals surface area contributed by atoms with Gasteiger partial charge in [0.05, 0.1) is 16.2 Å². The predicted molar refractivity (Wildman–Crippen MR) is 71.2 cm³/mol. The number of aromatic nitrogens is 2. The van der Waals surface area contributed by atoms with Crippen molar-refractivity contribution >= 4 is 15.9 Å². The van der Waals surface area contributed by atoms with Gasteiger partial charge < -0.3 is 0 Å². The largest absolute Gasteiger partial charge is 0.275 e. The lowest BCUT2D eigenvalue weighted by atomic mass is 9.99. The summed E-state index contributed by atoms with van der Waals surface area (Å²) >= 11 is 3.18. The maximum absolute atomic E-state index is 14.1. The summed E-state index contributed by atoms with van der Waals surface area (Å²) in [6.45, 7) is 1.87. The number of hydrogen-bond acceptors (Lipinski definition) is 3. The molecule has 1 unspecified atom stereocenters. The van der Waals surface area contributed by atoms with E-state index in [0.717, 1.165) is 11.3 Å². The van der Waals surface area contributed by atoms with Crippen LogP contribution < -0.4 is 11.3 Å². The molecule has 0 amide bonds. The number of hydrazine groups is 1. The van der Waals surface area contributed by atoms with E-state index in [1.54, 1.807) is 22.9 Å². The highest BCUT2D eigenvalue weighted by molar-refractivity contribution is 9.10. The number of rotatable bonds is 3. The number of nitrogens with two attached hydrogens (primary N) is 1. The first-order valence-electron chi connectivity index (χ1n) is 5.44. The van der Waals surface area contributed by atoms with Gasteiger partial charge in [0.15, 0.2) is 0 Å². The zero-order valence-electron chi connectivity index (χ0n) is 10.1. The van der Waals surface area contributed by atoms with Gasteiger partial charge in [0, 0.05) is 24.4 Å². The first-order chi connectivity index (χ1) is 8.54. The monoisotopic (exact) mass is 312 g/mol. The van der Waals surface area contributed by atoms with Crippen LogP contribution in [-0.4, -0.2) is 9.78 Å². The molecule has 0 radical (unpaired) electrons. The van der Waals surface area contributed by atoms with Gasteiger partial charge in [-0.25, -0.2) is 9.82 Å². The van der Waals surface area contributed by atoms with Crippen molar-refractivity contribution < 1.29 is 4.39 Å². The highest BCUT2D eigenvalue weighted by atomic mass is 79.9. The quantitative estimate of drug-likeness (QED) is 0.674. The van der Waals surface area contributed by atoms with Gasteiger partial charge >= 0.3 is 0 Å². The fourth-order valence-corrected chi connectivity index (χ4v) is 2.37. The Labute approximate surface area is 113 Å². The van der Waals surface area contributed by atoms with Crippen LogP contribution >= 0.6 is 15.9 Å². The number of nitrogens with zero attached hydrogens (tertiary/aromatic N) is 2. The molecule has 3 N–H and O–H groups in total. The van der Waals surface area contributed by atoms with Crippen LogP contribution in [0.5, 0.6) is 0 Å². The molecule has 1 aromatic heterocycles. The van der Waals surface area contributed by atoms with E-state index in [1.165, 1.54) is 0 Å². The van der Waals surface area contributed by atoms with Crippen LogP contribution in [0.1, 0.15) is 22.9 Å². The number of halogens is 2. The highest BCUT2D eigenvalue weighted by Gasteiger charge is 2.21. The van der Waals surface area contributed by atoms with E-state index < -0.39 is 6.04 Å². The lowest BCUT2D eigenvalue weighted by Gasteiger charge is -2.17. The molecule has 1 aromatic carbocycles. The molecule has 2 aromatic rings. The van der Waals surface area contributed by atoms with E-state index in [1.807, 2.05) is 20.2 Å². The molecule has 1 heterocycles. The number of hydrogen-bond donors (Lipinski definition) is 2. The van der Waals surface area contributed by atoms with Gasteiger partial charge in [0.1, 0.15) is 5.82 Å². The lowest BCUT2D eigenvalue weighted by Crippen LogP contribution is -2.29. The Hall–Kier alpha value is -1.24. The van der Waals surface area contributed by atoms with Crippen molar-refractivity contribution in [1.82, 2.24) is 15.2 Å². The number of nitrogens with one attached hydrogen (secondary N) is 1. The van der Waals surface area contributed by atoms with Crippen molar-refractivity contribution in [2.24, 2.45) is 12.9 Å². The van der Waals surface area contributed by atoms with Crippen LogP contribution in [0, 0.1) is 12.7 Å². The van der Waals surface area contributed by atoms with Crippen LogP contribution in [0.25, 0.3) is 0 Å². The maximum atomic E-state index is 14.1. The molecular formula is C12H14BrFN4. The summed E-state index contributed by atoms with van der Waals surface area (Å²) in [7, 11) is 1.82. The van der Waals surface area contributed by atoms with Gasteiger partial charge in [-0.1, -0.05) is 12.1 Å². The first kappa shape index (κ1) is 13.2. The molecule has 0 aliphatic carbocycles. The van der Waals surface area contributed by atoms with Gasteiger partial charge in [-0.2, -0.15) is 5.10 Å². The smallest absolute Gasteiger partial charge is 0.142 e. The summed E-state index contributed by atoms with van der Waals surface area (Å²) in [6.07, 6.45) is 1.83. The summed E-state index contributed by atoms with van der Waals surface area (Å²) in [4.78, 5) is 0. The molecule has 18 heavy (non-hydrogen) atoms. The number of benzene rings is 1. The normalized spacial score (nSPS) is 12.7. The van der Waals surface area contributed by atoms with Crippen LogP contribution in [0.2, 0.25) is 0 Å². The van der Waals surface area contributed by atoms with E-state index in [9.17, 15) is 4.39 Å². The summed E-state index contributed by atoms with van der Waals surface area (Å²) in [5.74, 6) is 5.25. The van der Waals surface area contributed by atoms with Crippen molar-refractivity contribution in [3.05, 3.63) is 51.5 Å². The van der Waals surface area contributed by atoms with Gasteiger partial charge in [-0.05, 0) is 28.9 Å². The summed E-state index contributed by atoms with van der Waals surface area (Å²) in [5, 5.41) is 4.24. The Morgan fingerprint density at radius 3 is 2.72 bits per heavy atom. The third-order valence-corrected chi connectivity index (χ3v) is 3.43. The van der Waals surface area contributed by atoms with E-state index >= 15 is 0 Å². The minimum atomic E-state index is -0.420. The average molecular weight is 313 g/mol. The fourth-order valence-electron chi connectivity index (χ4n) is 1.99. The molecule has 96 valence electrons. The molecule has 0 aliphatic heterocycles. The van der Waals surface area contributed by atoms with Crippen molar-refractivity contribution in [2.45, 2.75) is 13.0 Å². The maximum Gasteiger partial charge on any atom is 0.142 e. The lowest BCUT2D eigenvalue weighted by molar-refractivity contribution is 0.554. The van der Waals surface area contributed by atoms with Crippen molar-refractivity contribution in [1.29, 1.82) is 0 Å². The van der Waals surface area contributed by atoms with Crippen LogP contribution in [0.15, 0.2) is 28.9 Å². The Kier molecular flexibility index (Phi) is 3.79. The molecule has 0 fully saturated rings. The van der Waals surface area contributed by atoms with Crippen molar-refractivity contribution in [2.75, 3.05) is 0 Å². The standard InChI is InChI=1S/C12H14BrFN4/c1-7-9(6-18(2)17-7)12(16-15)8-4-3-5-10(13)11(8)14/h3-6,12,16H,15H2,1-2H3. The molecular weight excluding hydrogens is 299 g/mol. The molecule has 0 saturated carbocycles. The SMILES string of the molecule is Cc1nn(C)cc1C(NN)c1cccc(Br)c1F. The van der Waals surface area contributed by atoms with E-state index in [0.29, 0.717) is 10.0 Å². The molecule has 0 saturated heterocycles. The molecule has 2 rings (SSSR count). The van der Waals surface area contributed by atoms with E-state index in [-0.39, 0.29) is 5.82 Å². The Bertz CT molecular complexity index is 567. The zero-order valence-corrected chi connectivity index (χ0v) is 11.7. The molecule has 0 aliphatic rings. The van der Waals surface area contributed by atoms with Gasteiger partial charge in [0.2, 0.25) is 0 Å². The van der Waals surface area contributed by atoms with Crippen LogP contribution in [0.4, 0.5) is 4.39 Å². The Balaban J connectivity index is 2.52. The molecule has 6 heteroatoms. The minimum absolute atomic E-state index is 0.316. The van der Waals surface area contributed by atoms with E-state index in [4.69, 9.17) is 5.84 Å². The zero-order chi connectivity index (χ0) is 13.3. The third kappa shape index (κ3) is 2.31. The van der Waals surface area contributed by atoms with Crippen molar-refractivity contribution in [3.8, 4) is 0 Å². The highest BCUT2D eigenvalue weighted by Crippen LogP contribution is 2.28. The van der Waals surface area contributed by atoms with Crippen molar-refractivity contribution in [3.63, 3.8) is 0 Å². The number of aryl methyl sites for hydroxylation is 2. The second kappa shape index (κ2) is 5.17. The van der Waals surface area contributed by atoms with E-state index in [2.05, 4.69) is 26.5 Å². The summed E-state index contributed by atoms with van der Waals surface area (Å²) < 4.78 is 16.2. The Morgan fingerprint density at radius 2 is 2.17 bits per heavy atom. The summed E-state index contributed by atoms with van der Waals surface area (Å²) in [6, 6.07) is 4.72. The minimum Gasteiger partial charge on any atom is -0.275 e. The van der Waals surface area contributed by atoms with Crippen LogP contribution in [0.3, 0.4) is 0 Å². The topological polar surface area (TPSA) is 55.9 Å². The fraction of sp³-hybridized carbons (Fsp3) is 0.250. The van der Waals surface area contributed by atoms with Gasteiger partial charge in [0.25, 0.3) is 0 Å². The second-order valence-electron chi connectivity index (χ2n) is 4.09. The first-order valence-corrected chi connectivity index (χ1v) is 6.24. The molecule has 4 nitrogen and oxygen atoms in total. The molecule has 1 atom stereocenters. The predicted octanol–water partition coefficient (Wildman–Crippen LogP) is 2.18. The average Bonchev–Trinajstić information content (AvgIpc) is 2.65. The van der Waals surface area contributed by atoms with Gasteiger partial charge in [-0.15, -0.1) is 0 Å². The summed E-state index contributed by atoms with van der Waals surface area (Å²) in [5.41, 5.74) is 4.81. The molecule has 0 bridgehead atoms. The third-order valence-electron chi connectivity index (χ3n) is 2.82. The van der Waals surface area contributed by atoms with Crippen LogP contribution in [-0.2, 0) is 7.05 Å². The van der Waals surface area contributed by atoms with Gasteiger partial charge in [-0.3, -0.25) is 10.5 Å².